The van der Waals surface area contributed by atoms with Crippen molar-refractivity contribution < 1.29 is 19.4 Å². The summed E-state index contributed by atoms with van der Waals surface area (Å²) in [5, 5.41) is 16.9. The summed E-state index contributed by atoms with van der Waals surface area (Å²) in [4.78, 5) is 18.2. The second-order valence-corrected chi connectivity index (χ2v) is 20.4. The molecule has 1 aliphatic heterocycles. The number of benzene rings is 6. The van der Waals surface area contributed by atoms with E-state index >= 15 is 0 Å². The molecule has 0 spiro atoms. The Kier molecular flexibility index (Phi) is 25.4. The Morgan fingerprint density at radius 3 is 1.46 bits per heavy atom. The van der Waals surface area contributed by atoms with Gasteiger partial charge in [0.25, 0.3) is 0 Å². The third kappa shape index (κ3) is 20.0. The van der Waals surface area contributed by atoms with Crippen molar-refractivity contribution in [2.24, 2.45) is 0 Å². The molecule has 2 aromatic heterocycles. The normalized spacial score (nSPS) is 13.1. The first kappa shape index (κ1) is 59.9. The molecule has 3 atom stereocenters. The van der Waals surface area contributed by atoms with Gasteiger partial charge in [-0.05, 0) is 90.0 Å². The maximum Gasteiger partial charge on any atom is 0.151 e. The van der Waals surface area contributed by atoms with Crippen molar-refractivity contribution in [3.05, 3.63) is 240 Å². The number of rotatable bonds is 12. The van der Waals surface area contributed by atoms with Crippen LogP contribution in [0.15, 0.2) is 147 Å². The van der Waals surface area contributed by atoms with E-state index in [4.69, 9.17) is 160 Å². The predicted molar refractivity (Wildman–Crippen MR) is 299 cm³/mol. The lowest BCUT2D eigenvalue weighted by Gasteiger charge is -2.21. The number of epoxide rings is 1. The molecule has 6 aromatic carbocycles. The Morgan fingerprint density at radius 2 is 1.01 bits per heavy atom. The van der Waals surface area contributed by atoms with Crippen LogP contribution >= 0.6 is 151 Å². The molecule has 1 N–H and O–H groups in total. The van der Waals surface area contributed by atoms with Crippen molar-refractivity contribution in [3.8, 4) is 0 Å². The fourth-order valence-electron chi connectivity index (χ4n) is 6.10. The van der Waals surface area contributed by atoms with Crippen molar-refractivity contribution >= 4 is 157 Å². The van der Waals surface area contributed by atoms with E-state index in [9.17, 15) is 9.90 Å². The van der Waals surface area contributed by atoms with Gasteiger partial charge < -0.3 is 23.7 Å². The number of nitrogens with zero attached hydrogens (tertiary/aromatic N) is 4. The van der Waals surface area contributed by atoms with Crippen LogP contribution in [0.1, 0.15) is 56.5 Å². The van der Waals surface area contributed by atoms with Gasteiger partial charge in [-0.3, -0.25) is 4.79 Å². The topological polar surface area (TPSA) is 94.7 Å². The Bertz CT molecular complexity index is 2980. The van der Waals surface area contributed by atoms with E-state index in [1.807, 2.05) is 41.1 Å². The van der Waals surface area contributed by atoms with Gasteiger partial charge in [-0.2, -0.15) is 0 Å². The van der Waals surface area contributed by atoms with Gasteiger partial charge in [-0.25, -0.2) is 9.97 Å². The summed E-state index contributed by atoms with van der Waals surface area (Å²) in [5.41, 5.74) is 4.78. The van der Waals surface area contributed by atoms with Crippen molar-refractivity contribution in [3.63, 3.8) is 0 Å². The molecule has 0 aliphatic carbocycles. The molecule has 3 heterocycles. The monoisotopic (exact) mass is 1230 g/mol. The van der Waals surface area contributed by atoms with Crippen molar-refractivity contribution in [2.75, 3.05) is 6.61 Å². The highest BCUT2D eigenvalue weighted by Gasteiger charge is 2.27. The molecule has 1 fully saturated rings. The fourth-order valence-corrected chi connectivity index (χ4v) is 9.39. The molecule has 8 aromatic rings. The third-order valence-corrected chi connectivity index (χ3v) is 13.6. The highest BCUT2D eigenvalue weighted by molar-refractivity contribution is 6.38. The van der Waals surface area contributed by atoms with Gasteiger partial charge in [0.15, 0.2) is 6.29 Å². The number of hydrogen-bond donors (Lipinski definition) is 1. The molecule has 0 saturated carbocycles. The number of imidazole rings is 2. The van der Waals surface area contributed by atoms with Crippen molar-refractivity contribution in [2.45, 2.75) is 43.9 Å². The molecule has 0 radical (unpaired) electrons. The molecule has 1 aliphatic rings. The van der Waals surface area contributed by atoms with E-state index in [0.717, 1.165) is 28.9 Å². The number of aliphatic hydroxyl groups is 1. The zero-order chi connectivity index (χ0) is 52.3. The van der Waals surface area contributed by atoms with Crippen LogP contribution in [0.5, 0.6) is 0 Å². The molecule has 8 nitrogen and oxygen atoms in total. The molecular weight excluding hydrogens is 1190 g/mol. The summed E-state index contributed by atoms with van der Waals surface area (Å²) in [6.45, 7) is 2.09. The van der Waals surface area contributed by atoms with E-state index < -0.39 is 6.10 Å². The molecular formula is C51H39Cl13N4O4. The first-order chi connectivity index (χ1) is 34.4. The van der Waals surface area contributed by atoms with Crippen LogP contribution in [0.3, 0.4) is 0 Å². The van der Waals surface area contributed by atoms with Crippen LogP contribution in [-0.2, 0) is 35.1 Å². The predicted octanol–water partition coefficient (Wildman–Crippen LogP) is 19.0. The quantitative estimate of drug-likeness (QED) is 0.0744. The lowest BCUT2D eigenvalue weighted by molar-refractivity contribution is 0.0281. The molecule has 21 heteroatoms. The Balaban J connectivity index is 0.000000177. The van der Waals surface area contributed by atoms with E-state index in [0.29, 0.717) is 103 Å². The van der Waals surface area contributed by atoms with Gasteiger partial charge in [-0.15, -0.1) is 11.6 Å². The maximum atomic E-state index is 10.2. The van der Waals surface area contributed by atoms with E-state index in [-0.39, 0.29) is 12.2 Å². The van der Waals surface area contributed by atoms with Crippen LogP contribution in [0.4, 0.5) is 0 Å². The summed E-state index contributed by atoms with van der Waals surface area (Å²) < 4.78 is 14.9. The Morgan fingerprint density at radius 1 is 0.569 bits per heavy atom. The minimum absolute atomic E-state index is 0.208. The molecule has 72 heavy (non-hydrogen) atoms. The highest BCUT2D eigenvalue weighted by atomic mass is 35.5. The first-order valence-corrected chi connectivity index (χ1v) is 26.0. The summed E-state index contributed by atoms with van der Waals surface area (Å²) in [7, 11) is 0. The summed E-state index contributed by atoms with van der Waals surface area (Å²) in [6, 6.07) is 31.2. The van der Waals surface area contributed by atoms with Crippen molar-refractivity contribution in [1.82, 2.24) is 19.1 Å². The van der Waals surface area contributed by atoms with Crippen LogP contribution < -0.4 is 0 Å². The van der Waals surface area contributed by atoms with Crippen molar-refractivity contribution in [1.29, 1.82) is 0 Å². The standard InChI is InChI=1S/C18H14Cl4N2O.C11H10Cl2N2O.C8H6Cl2O.C7H5Cl3.C7H4Cl2O/c19-13-2-1-12(16(21)7-13)10-25-18(9-24-6-5-23-11-24)15-4-3-14(20)8-17(15)22;12-8-1-2-9(10(13)5-8)11(16)6-15-4-3-14-7-15;9-5-1-2-6(7(10)3-5)8-4-11-8;8-4-5-1-2-6(9)3-7(5)10;8-6-2-1-5(4-10)7(9)3-6/h1-8,11,18H,9-10H2;1-5,7,11,16H,6H2;1-3,8H,4H2;1-3H,4H2;1-4H. The number of aliphatic hydroxyl groups excluding tert-OH is 1. The summed E-state index contributed by atoms with van der Waals surface area (Å²) >= 11 is 76.1. The Hall–Kier alpha value is -2.94. The van der Waals surface area contributed by atoms with Gasteiger partial charge in [0, 0.05) is 108 Å². The van der Waals surface area contributed by atoms with Gasteiger partial charge in [0.1, 0.15) is 12.2 Å². The minimum Gasteiger partial charge on any atom is -0.386 e. The second kappa shape index (κ2) is 30.6. The molecule has 1 saturated heterocycles. The maximum absolute atomic E-state index is 10.2. The summed E-state index contributed by atoms with van der Waals surface area (Å²) in [5.74, 6) is 0.427. The zero-order valence-electron chi connectivity index (χ0n) is 37.1. The van der Waals surface area contributed by atoms with Gasteiger partial charge in [0.2, 0.25) is 0 Å². The molecule has 378 valence electrons. The number of hydrogen-bond acceptors (Lipinski definition) is 6. The van der Waals surface area contributed by atoms with Crippen LogP contribution in [-0.4, -0.2) is 37.1 Å². The van der Waals surface area contributed by atoms with E-state index in [1.165, 1.54) is 6.07 Å². The van der Waals surface area contributed by atoms with Crippen LogP contribution in [0, 0.1) is 0 Å². The number of carbonyl (C=O) groups is 1. The average Bonchev–Trinajstić information content (AvgIpc) is 3.77. The molecule has 0 bridgehead atoms. The van der Waals surface area contributed by atoms with Gasteiger partial charge in [-0.1, -0.05) is 170 Å². The first-order valence-electron chi connectivity index (χ1n) is 21.0. The average molecular weight is 1230 g/mol. The largest absolute Gasteiger partial charge is 0.386 e. The fraction of sp³-hybridized carbons (Fsp3) is 0.157. The molecule has 3 unspecified atom stereocenters. The number of aldehydes is 1. The Labute approximate surface area is 482 Å². The second-order valence-electron chi connectivity index (χ2n) is 15.0. The number of aromatic nitrogens is 4. The van der Waals surface area contributed by atoms with E-state index in [2.05, 4.69) is 9.97 Å². The third-order valence-electron chi connectivity index (χ3n) is 9.86. The van der Waals surface area contributed by atoms with E-state index in [1.54, 1.807) is 109 Å². The number of ether oxygens (including phenoxy) is 2. The zero-order valence-corrected chi connectivity index (χ0v) is 46.9. The molecule has 0 amide bonds. The van der Waals surface area contributed by atoms with Gasteiger partial charge in [0.05, 0.1) is 50.1 Å². The smallest absolute Gasteiger partial charge is 0.151 e. The minimum atomic E-state index is -0.668. The lowest BCUT2D eigenvalue weighted by Crippen LogP contribution is -2.12. The lowest BCUT2D eigenvalue weighted by atomic mass is 10.1. The van der Waals surface area contributed by atoms with Gasteiger partial charge >= 0.3 is 0 Å². The number of carbonyl (C=O) groups excluding carboxylic acids is 1. The molecule has 9 rings (SSSR count). The van der Waals surface area contributed by atoms with Crippen LogP contribution in [0.25, 0.3) is 0 Å². The number of alkyl halides is 1. The SMILES string of the molecule is ClCc1ccc(Cl)cc1Cl.Clc1ccc(C2CO2)c(Cl)c1.Clc1ccc(COC(Cn2ccnc2)c2ccc(Cl)cc2Cl)c(Cl)c1.O=Cc1ccc(Cl)cc1Cl.OC(Cn1ccnc1)c1ccc(Cl)cc1Cl. The summed E-state index contributed by atoms with van der Waals surface area (Å²) in [6.07, 6.45) is 10.4. The number of halogens is 13. The van der Waals surface area contributed by atoms with Crippen LogP contribution in [0.2, 0.25) is 60.3 Å². The highest BCUT2D eigenvalue weighted by Crippen LogP contribution is 2.36.